The number of hydrogen-bond acceptors (Lipinski definition) is 2. The molecule has 0 unspecified atom stereocenters. The predicted octanol–water partition coefficient (Wildman–Crippen LogP) is 0.458. The van der Waals surface area contributed by atoms with E-state index in [9.17, 15) is 0 Å². The molecule has 0 heterocycles. The summed E-state index contributed by atoms with van der Waals surface area (Å²) in [6.07, 6.45) is 4.95. The number of rotatable bonds is 4. The first kappa shape index (κ1) is 7.50. The minimum absolute atomic E-state index is 0.622. The molecule has 0 radical (unpaired) electrons. The molecule has 0 aliphatic heterocycles. The molecule has 48 valence electrons. The molecule has 3 N–H and O–H groups in total. The second-order valence-electron chi connectivity index (χ2n) is 1.59. The van der Waals surface area contributed by atoms with E-state index in [-0.39, 0.29) is 0 Å². The van der Waals surface area contributed by atoms with Crippen LogP contribution < -0.4 is 11.1 Å². The highest BCUT2D eigenvalue weighted by molar-refractivity contribution is 4.79. The summed E-state index contributed by atoms with van der Waals surface area (Å²) in [6, 6.07) is 0. The summed E-state index contributed by atoms with van der Waals surface area (Å²) < 4.78 is 0. The minimum atomic E-state index is 0.622. The molecule has 0 aromatic heterocycles. The second kappa shape index (κ2) is 6.50. The smallest absolute Gasteiger partial charge is 0.0138 e. The molecule has 0 aliphatic carbocycles. The first-order valence-corrected chi connectivity index (χ1v) is 3.00. The van der Waals surface area contributed by atoms with Gasteiger partial charge in [-0.1, -0.05) is 13.0 Å². The van der Waals surface area contributed by atoms with Crippen LogP contribution in [-0.2, 0) is 0 Å². The molecule has 0 aromatic carbocycles. The third kappa shape index (κ3) is 5.50. The SMILES string of the molecule is CCCN/C=C/CN. The summed E-state index contributed by atoms with van der Waals surface area (Å²) >= 11 is 0. The molecule has 2 nitrogen and oxygen atoms in total. The van der Waals surface area contributed by atoms with E-state index >= 15 is 0 Å². The summed E-state index contributed by atoms with van der Waals surface area (Å²) in [5.41, 5.74) is 5.18. The van der Waals surface area contributed by atoms with Crippen LogP contribution in [0.15, 0.2) is 12.3 Å². The van der Waals surface area contributed by atoms with Crippen molar-refractivity contribution in [2.45, 2.75) is 13.3 Å². The summed E-state index contributed by atoms with van der Waals surface area (Å²) in [6.45, 7) is 3.79. The Morgan fingerprint density at radius 2 is 2.38 bits per heavy atom. The maximum absolute atomic E-state index is 5.18. The van der Waals surface area contributed by atoms with Gasteiger partial charge in [0.2, 0.25) is 0 Å². The van der Waals surface area contributed by atoms with Gasteiger partial charge < -0.3 is 11.1 Å². The topological polar surface area (TPSA) is 38.0 Å². The van der Waals surface area contributed by atoms with Gasteiger partial charge in [-0.05, 0) is 12.6 Å². The zero-order chi connectivity index (χ0) is 6.24. The lowest BCUT2D eigenvalue weighted by molar-refractivity contribution is 0.807. The average Bonchev–Trinajstić information content (AvgIpc) is 1.81. The summed E-state index contributed by atoms with van der Waals surface area (Å²) in [4.78, 5) is 0. The molecule has 0 aromatic rings. The Labute approximate surface area is 50.8 Å². The van der Waals surface area contributed by atoms with Gasteiger partial charge in [0.25, 0.3) is 0 Å². The third-order valence-corrected chi connectivity index (χ3v) is 0.766. The molecule has 0 saturated heterocycles. The fourth-order valence-corrected chi connectivity index (χ4v) is 0.379. The molecule has 0 bridgehead atoms. The molecule has 0 fully saturated rings. The van der Waals surface area contributed by atoms with Gasteiger partial charge in [-0.25, -0.2) is 0 Å². The van der Waals surface area contributed by atoms with Gasteiger partial charge in [-0.2, -0.15) is 0 Å². The van der Waals surface area contributed by atoms with Crippen molar-refractivity contribution in [3.63, 3.8) is 0 Å². The molecular formula is C6H14N2. The van der Waals surface area contributed by atoms with Crippen molar-refractivity contribution in [2.75, 3.05) is 13.1 Å². The van der Waals surface area contributed by atoms with Crippen molar-refractivity contribution in [1.29, 1.82) is 0 Å². The van der Waals surface area contributed by atoms with E-state index in [1.807, 2.05) is 12.3 Å². The monoisotopic (exact) mass is 114 g/mol. The Bertz CT molecular complexity index is 59.5. The van der Waals surface area contributed by atoms with E-state index in [1.54, 1.807) is 0 Å². The molecule has 0 saturated carbocycles. The maximum atomic E-state index is 5.18. The van der Waals surface area contributed by atoms with Crippen molar-refractivity contribution in [2.24, 2.45) is 5.73 Å². The molecule has 0 rings (SSSR count). The minimum Gasteiger partial charge on any atom is -0.391 e. The van der Waals surface area contributed by atoms with Crippen LogP contribution in [0.1, 0.15) is 13.3 Å². The van der Waals surface area contributed by atoms with E-state index in [4.69, 9.17) is 5.73 Å². The van der Waals surface area contributed by atoms with Crippen LogP contribution in [0, 0.1) is 0 Å². The van der Waals surface area contributed by atoms with Crippen LogP contribution in [0.2, 0.25) is 0 Å². The Morgan fingerprint density at radius 3 is 2.88 bits per heavy atom. The largest absolute Gasteiger partial charge is 0.391 e. The second-order valence-corrected chi connectivity index (χ2v) is 1.59. The van der Waals surface area contributed by atoms with Crippen molar-refractivity contribution in [3.05, 3.63) is 12.3 Å². The van der Waals surface area contributed by atoms with Crippen LogP contribution >= 0.6 is 0 Å². The van der Waals surface area contributed by atoms with Crippen molar-refractivity contribution in [3.8, 4) is 0 Å². The number of nitrogens with one attached hydrogen (secondary N) is 1. The fraction of sp³-hybridized carbons (Fsp3) is 0.667. The number of nitrogens with two attached hydrogens (primary N) is 1. The van der Waals surface area contributed by atoms with Crippen LogP contribution in [0.4, 0.5) is 0 Å². The first-order valence-electron chi connectivity index (χ1n) is 3.00. The van der Waals surface area contributed by atoms with E-state index < -0.39 is 0 Å². The zero-order valence-corrected chi connectivity index (χ0v) is 5.35. The highest BCUT2D eigenvalue weighted by Crippen LogP contribution is 1.68. The molecule has 0 amide bonds. The molecule has 2 heteroatoms. The summed E-state index contributed by atoms with van der Waals surface area (Å²) in [5, 5.41) is 3.08. The van der Waals surface area contributed by atoms with Crippen LogP contribution in [0.25, 0.3) is 0 Å². The Hall–Kier alpha value is -0.500. The van der Waals surface area contributed by atoms with Gasteiger partial charge in [0.05, 0.1) is 0 Å². The van der Waals surface area contributed by atoms with E-state index in [0.29, 0.717) is 6.54 Å². The first-order chi connectivity index (χ1) is 3.91. The van der Waals surface area contributed by atoms with Crippen LogP contribution in [-0.4, -0.2) is 13.1 Å². The van der Waals surface area contributed by atoms with Gasteiger partial charge in [0.1, 0.15) is 0 Å². The molecule has 0 spiro atoms. The summed E-state index contributed by atoms with van der Waals surface area (Å²) in [7, 11) is 0. The van der Waals surface area contributed by atoms with Gasteiger partial charge in [0, 0.05) is 13.1 Å². The Morgan fingerprint density at radius 1 is 1.62 bits per heavy atom. The lowest BCUT2D eigenvalue weighted by atomic mass is 10.5. The molecule has 0 aliphatic rings. The molecule has 0 atom stereocenters. The summed E-state index contributed by atoms with van der Waals surface area (Å²) in [5.74, 6) is 0. The average molecular weight is 114 g/mol. The van der Waals surface area contributed by atoms with Gasteiger partial charge in [-0.15, -0.1) is 0 Å². The zero-order valence-electron chi connectivity index (χ0n) is 5.35. The predicted molar refractivity (Wildman–Crippen MR) is 36.5 cm³/mol. The number of hydrogen-bond donors (Lipinski definition) is 2. The van der Waals surface area contributed by atoms with Crippen LogP contribution in [0.5, 0.6) is 0 Å². The standard InChI is InChI=1S/C6H14N2/c1-2-5-8-6-3-4-7/h3,6,8H,2,4-5,7H2,1H3/b6-3+. The maximum Gasteiger partial charge on any atom is 0.0138 e. The third-order valence-electron chi connectivity index (χ3n) is 0.766. The molecule has 8 heavy (non-hydrogen) atoms. The Balaban J connectivity index is 2.80. The quantitative estimate of drug-likeness (QED) is 0.521. The van der Waals surface area contributed by atoms with Gasteiger partial charge in [-0.3, -0.25) is 0 Å². The van der Waals surface area contributed by atoms with Crippen molar-refractivity contribution < 1.29 is 0 Å². The lowest BCUT2D eigenvalue weighted by Gasteiger charge is -1.92. The van der Waals surface area contributed by atoms with Crippen LogP contribution in [0.3, 0.4) is 0 Å². The van der Waals surface area contributed by atoms with E-state index in [0.717, 1.165) is 13.0 Å². The highest BCUT2D eigenvalue weighted by Gasteiger charge is 1.70. The normalized spacial score (nSPS) is 10.2. The van der Waals surface area contributed by atoms with Gasteiger partial charge in [0.15, 0.2) is 0 Å². The Kier molecular flexibility index (Phi) is 6.09. The van der Waals surface area contributed by atoms with Gasteiger partial charge >= 0.3 is 0 Å². The van der Waals surface area contributed by atoms with Crippen molar-refractivity contribution in [1.82, 2.24) is 5.32 Å². The van der Waals surface area contributed by atoms with E-state index in [1.165, 1.54) is 0 Å². The molecular weight excluding hydrogens is 100 g/mol. The fourth-order valence-electron chi connectivity index (χ4n) is 0.379. The highest BCUT2D eigenvalue weighted by atomic mass is 14.8. The van der Waals surface area contributed by atoms with Crippen molar-refractivity contribution >= 4 is 0 Å². The lowest BCUT2D eigenvalue weighted by Crippen LogP contribution is -2.06. The van der Waals surface area contributed by atoms with E-state index in [2.05, 4.69) is 12.2 Å².